The molecule has 0 bridgehead atoms. The van der Waals surface area contributed by atoms with E-state index in [1.165, 1.54) is 0 Å². The van der Waals surface area contributed by atoms with Crippen molar-refractivity contribution < 1.29 is 4.43 Å². The minimum Gasteiger partial charge on any atom is -0.414 e. The maximum Gasteiger partial charge on any atom is 0.236 e. The van der Waals surface area contributed by atoms with E-state index in [0.717, 1.165) is 0 Å². The second-order valence-corrected chi connectivity index (χ2v) is 7.88. The second kappa shape index (κ2) is 5.67. The van der Waals surface area contributed by atoms with Crippen LogP contribution in [0.3, 0.4) is 0 Å². The third-order valence-corrected chi connectivity index (χ3v) is 7.93. The van der Waals surface area contributed by atoms with Crippen LogP contribution in [0.1, 0.15) is 6.92 Å². The summed E-state index contributed by atoms with van der Waals surface area (Å²) in [7, 11) is -1.92. The van der Waals surface area contributed by atoms with Crippen molar-refractivity contribution in [2.45, 2.75) is 6.92 Å². The SMILES string of the molecule is CCO[Si](CCl)(CCl)CCl. The van der Waals surface area contributed by atoms with Crippen LogP contribution in [0.4, 0.5) is 0 Å². The van der Waals surface area contributed by atoms with Gasteiger partial charge in [-0.25, -0.2) is 0 Å². The normalized spacial score (nSPS) is 12.0. The summed E-state index contributed by atoms with van der Waals surface area (Å²) in [4.78, 5) is 0. The van der Waals surface area contributed by atoms with Gasteiger partial charge < -0.3 is 4.43 Å². The molecule has 10 heavy (non-hydrogen) atoms. The molecule has 0 radical (unpaired) electrons. The molecule has 0 amide bonds. The highest BCUT2D eigenvalue weighted by Gasteiger charge is 2.31. The van der Waals surface area contributed by atoms with E-state index in [1.54, 1.807) is 0 Å². The number of alkyl halides is 3. The molecule has 0 aliphatic carbocycles. The van der Waals surface area contributed by atoms with Crippen molar-refractivity contribution in [3.63, 3.8) is 0 Å². The van der Waals surface area contributed by atoms with Crippen molar-refractivity contribution in [1.29, 1.82) is 0 Å². The smallest absolute Gasteiger partial charge is 0.236 e. The van der Waals surface area contributed by atoms with Gasteiger partial charge in [-0.1, -0.05) is 0 Å². The van der Waals surface area contributed by atoms with Gasteiger partial charge in [0.15, 0.2) is 0 Å². The molecule has 0 atom stereocenters. The predicted molar refractivity (Wildman–Crippen MR) is 49.5 cm³/mol. The van der Waals surface area contributed by atoms with Gasteiger partial charge in [-0.3, -0.25) is 0 Å². The zero-order chi connectivity index (χ0) is 8.04. The van der Waals surface area contributed by atoms with E-state index >= 15 is 0 Å². The molecular weight excluding hydrogens is 210 g/mol. The molecule has 0 aromatic heterocycles. The quantitative estimate of drug-likeness (QED) is 0.511. The zero-order valence-corrected chi connectivity index (χ0v) is 9.14. The molecule has 0 aromatic carbocycles. The lowest BCUT2D eigenvalue weighted by Gasteiger charge is -2.23. The first-order valence-corrected chi connectivity index (χ1v) is 7.20. The zero-order valence-electron chi connectivity index (χ0n) is 5.87. The number of hydrogen-bond acceptors (Lipinski definition) is 1. The standard InChI is InChI=1S/C5H11Cl3OSi/c1-2-9-10(3-6,4-7)5-8/h2-5H2,1H3. The summed E-state index contributed by atoms with van der Waals surface area (Å²) in [5.74, 6) is 0. The first kappa shape index (κ1) is 11.0. The van der Waals surface area contributed by atoms with Crippen molar-refractivity contribution in [2.24, 2.45) is 0 Å². The third-order valence-electron chi connectivity index (χ3n) is 1.18. The Labute approximate surface area is 77.7 Å². The van der Waals surface area contributed by atoms with E-state index in [2.05, 4.69) is 0 Å². The average molecular weight is 222 g/mol. The lowest BCUT2D eigenvalue weighted by Crippen LogP contribution is -2.46. The monoisotopic (exact) mass is 220 g/mol. The van der Waals surface area contributed by atoms with E-state index in [4.69, 9.17) is 39.2 Å². The van der Waals surface area contributed by atoms with Gasteiger partial charge in [-0.2, -0.15) is 0 Å². The highest BCUT2D eigenvalue weighted by atomic mass is 35.5. The summed E-state index contributed by atoms with van der Waals surface area (Å²) in [5.41, 5.74) is 1.44. The van der Waals surface area contributed by atoms with Crippen molar-refractivity contribution in [3.8, 4) is 0 Å². The maximum atomic E-state index is 5.67. The molecule has 0 aromatic rings. The van der Waals surface area contributed by atoms with Crippen LogP contribution in [0.25, 0.3) is 0 Å². The van der Waals surface area contributed by atoms with Gasteiger partial charge in [0.2, 0.25) is 8.32 Å². The molecule has 1 nitrogen and oxygen atoms in total. The lowest BCUT2D eigenvalue weighted by molar-refractivity contribution is 0.331. The maximum absolute atomic E-state index is 5.67. The Hall–Kier alpha value is 1.05. The lowest BCUT2D eigenvalue weighted by atomic mass is 10.9. The molecule has 0 spiro atoms. The molecular formula is C5H11Cl3OSi. The van der Waals surface area contributed by atoms with Gasteiger partial charge in [0.05, 0.1) is 0 Å². The van der Waals surface area contributed by atoms with Crippen LogP contribution < -0.4 is 0 Å². The van der Waals surface area contributed by atoms with E-state index in [-0.39, 0.29) is 0 Å². The predicted octanol–water partition coefficient (Wildman–Crippen LogP) is 2.30. The van der Waals surface area contributed by atoms with Gasteiger partial charge in [0.25, 0.3) is 0 Å². The number of rotatable bonds is 5. The summed E-state index contributed by atoms with van der Waals surface area (Å²) in [6, 6.07) is 0. The topological polar surface area (TPSA) is 9.23 Å². The van der Waals surface area contributed by atoms with Crippen LogP contribution in [0.15, 0.2) is 0 Å². The Kier molecular flexibility index (Phi) is 6.26. The van der Waals surface area contributed by atoms with Crippen LogP contribution in [-0.2, 0) is 4.43 Å². The number of hydrogen-bond donors (Lipinski definition) is 0. The molecule has 0 N–H and O–H groups in total. The van der Waals surface area contributed by atoms with E-state index in [9.17, 15) is 0 Å². The Morgan fingerprint density at radius 2 is 1.50 bits per heavy atom. The average Bonchev–Trinajstić information content (AvgIpc) is 2.01. The molecule has 0 heterocycles. The first-order chi connectivity index (χ1) is 4.74. The largest absolute Gasteiger partial charge is 0.414 e. The van der Waals surface area contributed by atoms with Crippen LogP contribution in [-0.4, -0.2) is 31.4 Å². The van der Waals surface area contributed by atoms with E-state index in [0.29, 0.717) is 23.1 Å². The summed E-state index contributed by atoms with van der Waals surface area (Å²) >= 11 is 17.0. The van der Waals surface area contributed by atoms with Crippen molar-refractivity contribution >= 4 is 43.1 Å². The number of halogens is 3. The molecule has 0 rings (SSSR count). The van der Waals surface area contributed by atoms with Crippen molar-refractivity contribution in [1.82, 2.24) is 0 Å². The highest BCUT2D eigenvalue weighted by molar-refractivity contribution is 6.89. The van der Waals surface area contributed by atoms with Crippen LogP contribution in [0, 0.1) is 0 Å². The van der Waals surface area contributed by atoms with Crippen LogP contribution >= 0.6 is 34.8 Å². The highest BCUT2D eigenvalue weighted by Crippen LogP contribution is 2.11. The van der Waals surface area contributed by atoms with Crippen molar-refractivity contribution in [3.05, 3.63) is 0 Å². The summed E-state index contributed by atoms with van der Waals surface area (Å²) in [5, 5.41) is 0. The molecule has 0 aliphatic rings. The molecule has 0 fully saturated rings. The molecule has 0 aliphatic heterocycles. The van der Waals surface area contributed by atoms with Crippen molar-refractivity contribution in [2.75, 3.05) is 23.1 Å². The van der Waals surface area contributed by atoms with Gasteiger partial charge in [0.1, 0.15) is 0 Å². The third kappa shape index (κ3) is 2.97. The van der Waals surface area contributed by atoms with Crippen LogP contribution in [0.2, 0.25) is 0 Å². The summed E-state index contributed by atoms with van der Waals surface area (Å²) in [6.45, 7) is 2.58. The van der Waals surface area contributed by atoms with Gasteiger partial charge >= 0.3 is 0 Å². The van der Waals surface area contributed by atoms with Crippen LogP contribution in [0.5, 0.6) is 0 Å². The van der Waals surface area contributed by atoms with E-state index < -0.39 is 8.32 Å². The Bertz CT molecular complexity index is 78.7. The van der Waals surface area contributed by atoms with E-state index in [1.807, 2.05) is 6.92 Å². The fourth-order valence-corrected chi connectivity index (χ4v) is 4.85. The minimum absolute atomic E-state index is 0.480. The van der Waals surface area contributed by atoms with Gasteiger partial charge in [0, 0.05) is 23.1 Å². The molecule has 0 saturated heterocycles. The Morgan fingerprint density at radius 1 is 1.10 bits per heavy atom. The molecule has 5 heteroatoms. The molecule has 62 valence electrons. The van der Waals surface area contributed by atoms with Gasteiger partial charge in [-0.15, -0.1) is 34.8 Å². The Balaban J connectivity index is 3.87. The summed E-state index contributed by atoms with van der Waals surface area (Å²) < 4.78 is 5.42. The second-order valence-electron chi connectivity index (χ2n) is 2.02. The fraction of sp³-hybridized carbons (Fsp3) is 1.00. The minimum atomic E-state index is -1.92. The molecule has 0 unspecified atom stereocenters. The fourth-order valence-electron chi connectivity index (χ4n) is 0.529. The Morgan fingerprint density at radius 3 is 1.60 bits per heavy atom. The van der Waals surface area contributed by atoms with Gasteiger partial charge in [-0.05, 0) is 6.92 Å². The summed E-state index contributed by atoms with van der Waals surface area (Å²) in [6.07, 6.45) is 0. The first-order valence-electron chi connectivity index (χ1n) is 3.06. The molecule has 0 saturated carbocycles.